The molecule has 0 radical (unpaired) electrons. The van der Waals surface area contributed by atoms with Crippen molar-refractivity contribution in [2.45, 2.75) is 45.2 Å². The summed E-state index contributed by atoms with van der Waals surface area (Å²) in [4.78, 5) is 2.47. The fraction of sp³-hybridized carbons (Fsp3) is 0.400. The van der Waals surface area contributed by atoms with Crippen molar-refractivity contribution >= 4 is 12.4 Å². The SMILES string of the molecule is CN1Cc2ccccc2CC1c1ccc(C(C)(C)C)cc1.Cl. The molecule has 2 aromatic rings. The summed E-state index contributed by atoms with van der Waals surface area (Å²) < 4.78 is 0. The van der Waals surface area contributed by atoms with Gasteiger partial charge >= 0.3 is 0 Å². The lowest BCUT2D eigenvalue weighted by Crippen LogP contribution is -2.30. The number of hydrogen-bond donors (Lipinski definition) is 0. The number of likely N-dealkylation sites (N-methyl/N-ethyl adjacent to an activating group) is 1. The van der Waals surface area contributed by atoms with E-state index in [4.69, 9.17) is 0 Å². The van der Waals surface area contributed by atoms with Crippen LogP contribution in [-0.2, 0) is 18.4 Å². The molecule has 0 spiro atoms. The molecule has 3 rings (SSSR count). The van der Waals surface area contributed by atoms with E-state index in [1.54, 1.807) is 0 Å². The molecule has 1 aliphatic heterocycles. The van der Waals surface area contributed by atoms with Crippen LogP contribution >= 0.6 is 12.4 Å². The van der Waals surface area contributed by atoms with Gasteiger partial charge < -0.3 is 0 Å². The molecule has 1 atom stereocenters. The number of rotatable bonds is 1. The number of fused-ring (bicyclic) bond motifs is 1. The molecule has 1 unspecified atom stereocenters. The second-order valence-corrected chi connectivity index (χ2v) is 7.28. The smallest absolute Gasteiger partial charge is 0.0389 e. The fourth-order valence-corrected chi connectivity index (χ4v) is 3.23. The van der Waals surface area contributed by atoms with E-state index in [0.717, 1.165) is 13.0 Å². The minimum atomic E-state index is 0. The summed E-state index contributed by atoms with van der Waals surface area (Å²) in [6.07, 6.45) is 1.11. The summed E-state index contributed by atoms with van der Waals surface area (Å²) in [5, 5.41) is 0. The van der Waals surface area contributed by atoms with Crippen LogP contribution in [0.15, 0.2) is 48.5 Å². The first-order valence-electron chi connectivity index (χ1n) is 7.82. The molecule has 2 heteroatoms. The van der Waals surface area contributed by atoms with Gasteiger partial charge in [-0.1, -0.05) is 69.3 Å². The highest BCUT2D eigenvalue weighted by Crippen LogP contribution is 2.33. The molecule has 1 heterocycles. The highest BCUT2D eigenvalue weighted by Gasteiger charge is 2.24. The summed E-state index contributed by atoms with van der Waals surface area (Å²) in [6, 6.07) is 18.5. The topological polar surface area (TPSA) is 3.24 Å². The Morgan fingerprint density at radius 3 is 2.09 bits per heavy atom. The van der Waals surface area contributed by atoms with Gasteiger partial charge in [-0.25, -0.2) is 0 Å². The van der Waals surface area contributed by atoms with Gasteiger partial charge in [0.15, 0.2) is 0 Å². The van der Waals surface area contributed by atoms with E-state index in [0.29, 0.717) is 6.04 Å². The van der Waals surface area contributed by atoms with Crippen molar-refractivity contribution in [1.82, 2.24) is 4.90 Å². The zero-order chi connectivity index (χ0) is 15.0. The molecule has 118 valence electrons. The van der Waals surface area contributed by atoms with Gasteiger partial charge in [-0.2, -0.15) is 0 Å². The maximum absolute atomic E-state index is 2.47. The maximum Gasteiger partial charge on any atom is 0.0389 e. The van der Waals surface area contributed by atoms with Crippen LogP contribution in [0.25, 0.3) is 0 Å². The van der Waals surface area contributed by atoms with E-state index < -0.39 is 0 Å². The molecule has 0 N–H and O–H groups in total. The maximum atomic E-state index is 2.47. The van der Waals surface area contributed by atoms with Crippen molar-refractivity contribution in [3.63, 3.8) is 0 Å². The molecule has 0 bridgehead atoms. The molecule has 1 aliphatic rings. The predicted molar refractivity (Wildman–Crippen MR) is 96.7 cm³/mol. The van der Waals surface area contributed by atoms with E-state index in [2.05, 4.69) is 81.2 Å². The minimum absolute atomic E-state index is 0. The Morgan fingerprint density at radius 2 is 1.50 bits per heavy atom. The number of benzene rings is 2. The molecule has 0 saturated carbocycles. The molecule has 1 nitrogen and oxygen atoms in total. The quantitative estimate of drug-likeness (QED) is 0.704. The summed E-state index contributed by atoms with van der Waals surface area (Å²) in [6.45, 7) is 7.85. The average Bonchev–Trinajstić information content (AvgIpc) is 2.46. The van der Waals surface area contributed by atoms with Crippen LogP contribution in [0.2, 0.25) is 0 Å². The number of nitrogens with zero attached hydrogens (tertiary/aromatic N) is 1. The van der Waals surface area contributed by atoms with Gasteiger partial charge in [-0.3, -0.25) is 4.90 Å². The lowest BCUT2D eigenvalue weighted by molar-refractivity contribution is 0.218. The zero-order valence-corrected chi connectivity index (χ0v) is 14.8. The third-order valence-electron chi connectivity index (χ3n) is 4.64. The molecule has 0 amide bonds. The van der Waals surface area contributed by atoms with Crippen LogP contribution < -0.4 is 0 Å². The van der Waals surface area contributed by atoms with E-state index in [1.807, 2.05) is 0 Å². The van der Waals surface area contributed by atoms with Gasteiger partial charge in [0.25, 0.3) is 0 Å². The van der Waals surface area contributed by atoms with Gasteiger partial charge in [0.2, 0.25) is 0 Å². The Hall–Kier alpha value is -1.31. The Bertz CT molecular complexity index is 625. The van der Waals surface area contributed by atoms with E-state index in [-0.39, 0.29) is 17.8 Å². The first kappa shape index (κ1) is 17.1. The molecular weight excluding hydrogens is 290 g/mol. The standard InChI is InChI=1S/C20H25N.ClH/c1-20(2,3)18-11-9-15(10-12-18)19-13-16-7-5-6-8-17(16)14-21(19)4;/h5-12,19H,13-14H2,1-4H3;1H. The Labute approximate surface area is 140 Å². The van der Waals surface area contributed by atoms with Crippen molar-refractivity contribution in [2.24, 2.45) is 0 Å². The van der Waals surface area contributed by atoms with E-state index >= 15 is 0 Å². The van der Waals surface area contributed by atoms with E-state index in [1.165, 1.54) is 22.3 Å². The summed E-state index contributed by atoms with van der Waals surface area (Å²) in [7, 11) is 2.23. The summed E-state index contributed by atoms with van der Waals surface area (Å²) in [5.74, 6) is 0. The number of halogens is 1. The third-order valence-corrected chi connectivity index (χ3v) is 4.64. The van der Waals surface area contributed by atoms with Crippen molar-refractivity contribution in [3.05, 3.63) is 70.8 Å². The molecular formula is C20H26ClN. The van der Waals surface area contributed by atoms with Crippen LogP contribution in [0.5, 0.6) is 0 Å². The lowest BCUT2D eigenvalue weighted by Gasteiger charge is -2.34. The van der Waals surface area contributed by atoms with Gasteiger partial charge in [0, 0.05) is 12.6 Å². The molecule has 0 aliphatic carbocycles. The zero-order valence-electron chi connectivity index (χ0n) is 14.0. The van der Waals surface area contributed by atoms with Gasteiger partial charge in [0.05, 0.1) is 0 Å². The van der Waals surface area contributed by atoms with Crippen LogP contribution in [-0.4, -0.2) is 11.9 Å². The first-order valence-corrected chi connectivity index (χ1v) is 7.82. The molecule has 0 aromatic heterocycles. The first-order chi connectivity index (χ1) is 9.95. The van der Waals surface area contributed by atoms with Gasteiger partial charge in [0.1, 0.15) is 0 Å². The fourth-order valence-electron chi connectivity index (χ4n) is 3.23. The minimum Gasteiger partial charge on any atom is -0.295 e. The van der Waals surface area contributed by atoms with Crippen LogP contribution in [0.1, 0.15) is 49.1 Å². The van der Waals surface area contributed by atoms with Crippen molar-refractivity contribution < 1.29 is 0 Å². The number of hydrogen-bond acceptors (Lipinski definition) is 1. The third kappa shape index (κ3) is 3.37. The van der Waals surface area contributed by atoms with Crippen molar-refractivity contribution in [3.8, 4) is 0 Å². The normalized spacial score (nSPS) is 18.5. The second kappa shape index (κ2) is 6.44. The lowest BCUT2D eigenvalue weighted by atomic mass is 9.85. The molecule has 2 aromatic carbocycles. The molecule has 0 saturated heterocycles. The van der Waals surface area contributed by atoms with Gasteiger partial charge in [-0.05, 0) is 41.1 Å². The largest absolute Gasteiger partial charge is 0.295 e. The molecule has 0 fully saturated rings. The monoisotopic (exact) mass is 315 g/mol. The highest BCUT2D eigenvalue weighted by molar-refractivity contribution is 5.85. The van der Waals surface area contributed by atoms with E-state index in [9.17, 15) is 0 Å². The Morgan fingerprint density at radius 1 is 0.909 bits per heavy atom. The molecule has 22 heavy (non-hydrogen) atoms. The Balaban J connectivity index is 0.00000176. The van der Waals surface area contributed by atoms with Crippen LogP contribution in [0.3, 0.4) is 0 Å². The van der Waals surface area contributed by atoms with Crippen molar-refractivity contribution in [1.29, 1.82) is 0 Å². The van der Waals surface area contributed by atoms with Crippen LogP contribution in [0.4, 0.5) is 0 Å². The van der Waals surface area contributed by atoms with Crippen LogP contribution in [0, 0.1) is 0 Å². The second-order valence-electron chi connectivity index (χ2n) is 7.28. The summed E-state index contributed by atoms with van der Waals surface area (Å²) in [5.41, 5.74) is 6.04. The highest BCUT2D eigenvalue weighted by atomic mass is 35.5. The van der Waals surface area contributed by atoms with Crippen molar-refractivity contribution in [2.75, 3.05) is 7.05 Å². The summed E-state index contributed by atoms with van der Waals surface area (Å²) >= 11 is 0. The predicted octanol–water partition coefficient (Wildman–Crippen LogP) is 5.14. The Kier molecular flexibility index (Phi) is 4.99. The van der Waals surface area contributed by atoms with Gasteiger partial charge in [-0.15, -0.1) is 12.4 Å². The average molecular weight is 316 g/mol.